The molecule has 7 nitrogen and oxygen atoms in total. The Labute approximate surface area is 146 Å². The van der Waals surface area contributed by atoms with Crippen LogP contribution >= 0.6 is 0 Å². The first-order valence-electron chi connectivity index (χ1n) is 8.68. The Morgan fingerprint density at radius 3 is 3.12 bits per heavy atom. The summed E-state index contributed by atoms with van der Waals surface area (Å²) in [5.74, 6) is 1.09. The van der Waals surface area contributed by atoms with Crippen LogP contribution in [0.15, 0.2) is 18.3 Å². The summed E-state index contributed by atoms with van der Waals surface area (Å²) < 4.78 is 11.3. The van der Waals surface area contributed by atoms with Gasteiger partial charge in [0.05, 0.1) is 30.4 Å². The molecule has 1 saturated heterocycles. The van der Waals surface area contributed by atoms with Gasteiger partial charge in [0.25, 0.3) is 0 Å². The van der Waals surface area contributed by atoms with Crippen molar-refractivity contribution < 1.29 is 14.3 Å². The maximum atomic E-state index is 11.7. The van der Waals surface area contributed by atoms with Crippen molar-refractivity contribution in [2.24, 2.45) is 5.73 Å². The summed E-state index contributed by atoms with van der Waals surface area (Å²) in [5.41, 5.74) is 8.28. The molecule has 1 fully saturated rings. The zero-order valence-corrected chi connectivity index (χ0v) is 14.3. The number of primary amides is 1. The first kappa shape index (κ1) is 16.1. The number of carbonyl (C=O) groups excluding carboxylic acids is 1. The van der Waals surface area contributed by atoms with Gasteiger partial charge in [0.15, 0.2) is 0 Å². The van der Waals surface area contributed by atoms with Gasteiger partial charge in [-0.15, -0.1) is 0 Å². The van der Waals surface area contributed by atoms with Crippen LogP contribution in [0.4, 0.5) is 0 Å². The lowest BCUT2D eigenvalue weighted by Gasteiger charge is -2.34. The predicted molar refractivity (Wildman–Crippen MR) is 92.6 cm³/mol. The number of likely N-dealkylation sites (tertiary alicyclic amines) is 1. The number of piperidine rings is 1. The molecule has 0 radical (unpaired) electrons. The summed E-state index contributed by atoms with van der Waals surface area (Å²) in [6, 6.07) is 3.53. The van der Waals surface area contributed by atoms with E-state index in [-0.39, 0.29) is 18.1 Å². The number of nitrogens with zero attached hydrogens (tertiary/aromatic N) is 3. The number of hydrogen-bond acceptors (Lipinski definition) is 6. The summed E-state index contributed by atoms with van der Waals surface area (Å²) in [6.45, 7) is 1.57. The quantitative estimate of drug-likeness (QED) is 0.900. The van der Waals surface area contributed by atoms with E-state index in [1.165, 1.54) is 0 Å². The molecule has 2 aliphatic heterocycles. The maximum absolute atomic E-state index is 11.7. The third-order valence-corrected chi connectivity index (χ3v) is 5.07. The summed E-state index contributed by atoms with van der Waals surface area (Å²) >= 11 is 0. The number of rotatable bonds is 4. The van der Waals surface area contributed by atoms with Crippen molar-refractivity contribution in [2.45, 2.75) is 37.8 Å². The molecule has 2 aromatic heterocycles. The van der Waals surface area contributed by atoms with Crippen LogP contribution in [0.3, 0.4) is 0 Å². The van der Waals surface area contributed by atoms with Crippen molar-refractivity contribution in [2.75, 3.05) is 20.2 Å². The molecular formula is C18H22N4O3. The first-order valence-corrected chi connectivity index (χ1v) is 8.68. The number of carbonyl (C=O) groups is 1. The maximum Gasteiger partial charge on any atom is 0.234 e. The third-order valence-electron chi connectivity index (χ3n) is 5.07. The number of pyridine rings is 2. The van der Waals surface area contributed by atoms with Gasteiger partial charge in [-0.25, -0.2) is 4.98 Å². The lowest BCUT2D eigenvalue weighted by Crippen LogP contribution is -2.50. The molecule has 25 heavy (non-hydrogen) atoms. The molecule has 132 valence electrons. The van der Waals surface area contributed by atoms with Crippen LogP contribution in [-0.2, 0) is 11.2 Å². The van der Waals surface area contributed by atoms with E-state index < -0.39 is 0 Å². The Hall–Kier alpha value is -2.41. The van der Waals surface area contributed by atoms with Gasteiger partial charge in [0.2, 0.25) is 11.8 Å². The van der Waals surface area contributed by atoms with Gasteiger partial charge >= 0.3 is 0 Å². The number of nitrogens with two attached hydrogens (primary N) is 1. The van der Waals surface area contributed by atoms with Crippen molar-refractivity contribution in [3.05, 3.63) is 23.9 Å². The largest absolute Gasteiger partial charge is 0.487 e. The lowest BCUT2D eigenvalue weighted by molar-refractivity contribution is -0.124. The topological polar surface area (TPSA) is 90.6 Å². The fraction of sp³-hybridized carbons (Fsp3) is 0.500. The van der Waals surface area contributed by atoms with Crippen molar-refractivity contribution in [1.29, 1.82) is 0 Å². The van der Waals surface area contributed by atoms with Crippen LogP contribution in [0.1, 0.15) is 24.8 Å². The first-order chi connectivity index (χ1) is 12.2. The number of methoxy groups -OCH3 is 1. The van der Waals surface area contributed by atoms with E-state index >= 15 is 0 Å². The summed E-state index contributed by atoms with van der Waals surface area (Å²) in [5, 5.41) is 0. The van der Waals surface area contributed by atoms with Crippen LogP contribution in [-0.4, -0.2) is 53.1 Å². The summed E-state index contributed by atoms with van der Waals surface area (Å²) in [6.07, 6.45) is 5.46. The Balaban J connectivity index is 1.56. The van der Waals surface area contributed by atoms with Crippen LogP contribution in [0.25, 0.3) is 11.0 Å². The molecule has 2 atom stereocenters. The van der Waals surface area contributed by atoms with Crippen LogP contribution in [0, 0.1) is 0 Å². The van der Waals surface area contributed by atoms with Gasteiger partial charge in [-0.2, -0.15) is 0 Å². The van der Waals surface area contributed by atoms with Gasteiger partial charge in [0.1, 0.15) is 11.9 Å². The van der Waals surface area contributed by atoms with Crippen LogP contribution < -0.4 is 15.2 Å². The molecule has 0 bridgehead atoms. The number of aromatic nitrogens is 2. The molecule has 7 heteroatoms. The van der Waals surface area contributed by atoms with Crippen molar-refractivity contribution >= 4 is 16.9 Å². The molecule has 0 spiro atoms. The highest BCUT2D eigenvalue weighted by Gasteiger charge is 2.33. The van der Waals surface area contributed by atoms with Crippen molar-refractivity contribution in [1.82, 2.24) is 14.9 Å². The normalized spacial score (nSPS) is 23.2. The highest BCUT2D eigenvalue weighted by atomic mass is 16.5. The minimum atomic E-state index is -0.242. The summed E-state index contributed by atoms with van der Waals surface area (Å²) in [7, 11) is 1.60. The molecule has 2 unspecified atom stereocenters. The highest BCUT2D eigenvalue weighted by Crippen LogP contribution is 2.34. The smallest absolute Gasteiger partial charge is 0.234 e. The Bertz CT molecular complexity index is 810. The molecule has 0 saturated carbocycles. The molecule has 2 N–H and O–H groups in total. The number of fused-ring (bicyclic) bond motifs is 3. The van der Waals surface area contributed by atoms with E-state index in [1.807, 2.05) is 6.07 Å². The van der Waals surface area contributed by atoms with E-state index in [0.717, 1.165) is 54.6 Å². The molecule has 4 heterocycles. The minimum absolute atomic E-state index is 0.0182. The van der Waals surface area contributed by atoms with E-state index in [0.29, 0.717) is 12.4 Å². The molecule has 0 aliphatic carbocycles. The van der Waals surface area contributed by atoms with E-state index in [2.05, 4.69) is 14.9 Å². The van der Waals surface area contributed by atoms with E-state index in [4.69, 9.17) is 15.2 Å². The SMILES string of the molecule is COc1ccc2ncc3c(c2n1)CC(CN1CCCCC1C(N)=O)O3. The van der Waals surface area contributed by atoms with Crippen LogP contribution in [0.2, 0.25) is 0 Å². The number of hydrogen-bond donors (Lipinski definition) is 1. The van der Waals surface area contributed by atoms with Gasteiger partial charge in [-0.05, 0) is 25.5 Å². The molecule has 1 amide bonds. The van der Waals surface area contributed by atoms with Gasteiger partial charge in [0, 0.05) is 24.6 Å². The molecule has 2 aromatic rings. The monoisotopic (exact) mass is 342 g/mol. The fourth-order valence-electron chi connectivity index (χ4n) is 3.84. The van der Waals surface area contributed by atoms with Gasteiger partial charge in [-0.1, -0.05) is 6.42 Å². The third kappa shape index (κ3) is 3.00. The second-order valence-corrected chi connectivity index (χ2v) is 6.68. The van der Waals surface area contributed by atoms with Crippen LogP contribution in [0.5, 0.6) is 11.6 Å². The van der Waals surface area contributed by atoms with E-state index in [1.54, 1.807) is 19.4 Å². The zero-order chi connectivity index (χ0) is 17.4. The fourth-order valence-corrected chi connectivity index (χ4v) is 3.84. The Morgan fingerprint density at radius 2 is 2.32 bits per heavy atom. The van der Waals surface area contributed by atoms with E-state index in [9.17, 15) is 4.79 Å². The Kier molecular flexibility index (Phi) is 4.17. The van der Waals surface area contributed by atoms with Crippen molar-refractivity contribution in [3.63, 3.8) is 0 Å². The molecule has 0 aromatic carbocycles. The summed E-state index contributed by atoms with van der Waals surface area (Å²) in [4.78, 5) is 22.8. The average molecular weight is 342 g/mol. The average Bonchev–Trinajstić information content (AvgIpc) is 3.04. The van der Waals surface area contributed by atoms with Gasteiger partial charge < -0.3 is 15.2 Å². The second kappa shape index (κ2) is 6.48. The second-order valence-electron chi connectivity index (χ2n) is 6.68. The van der Waals surface area contributed by atoms with Gasteiger partial charge in [-0.3, -0.25) is 14.7 Å². The highest BCUT2D eigenvalue weighted by molar-refractivity contribution is 5.81. The molecule has 2 aliphatic rings. The predicted octanol–water partition coefficient (Wildman–Crippen LogP) is 1.28. The molecular weight excluding hydrogens is 320 g/mol. The standard InChI is InChI=1S/C18H22N4O3/c1-24-16-6-5-13-17(21-16)12-8-11(25-15(12)9-20-13)10-22-7-3-2-4-14(22)18(19)23/h5-6,9,11,14H,2-4,7-8,10H2,1H3,(H2,19,23). The number of amides is 1. The number of ether oxygens (including phenoxy) is 2. The Morgan fingerprint density at radius 1 is 1.44 bits per heavy atom. The molecule has 4 rings (SSSR count). The zero-order valence-electron chi connectivity index (χ0n) is 14.3. The minimum Gasteiger partial charge on any atom is -0.487 e. The van der Waals surface area contributed by atoms with Crippen molar-refractivity contribution in [3.8, 4) is 11.6 Å². The lowest BCUT2D eigenvalue weighted by atomic mass is 10.0.